The van der Waals surface area contributed by atoms with E-state index in [-0.39, 0.29) is 6.03 Å². The van der Waals surface area contributed by atoms with Crippen LogP contribution in [0, 0.1) is 6.92 Å². The van der Waals surface area contributed by atoms with Gasteiger partial charge in [-0.3, -0.25) is 0 Å². The highest BCUT2D eigenvalue weighted by Crippen LogP contribution is 2.26. The van der Waals surface area contributed by atoms with E-state index in [9.17, 15) is 4.79 Å². The number of para-hydroxylation sites is 2. The molecule has 1 aliphatic heterocycles. The minimum Gasteiger partial charge on any atom is -0.368 e. The largest absolute Gasteiger partial charge is 0.368 e. The Balaban J connectivity index is 1.29. The van der Waals surface area contributed by atoms with Gasteiger partial charge in [0.2, 0.25) is 0 Å². The van der Waals surface area contributed by atoms with Gasteiger partial charge in [-0.1, -0.05) is 43.3 Å². The van der Waals surface area contributed by atoms with Gasteiger partial charge in [-0.05, 0) is 42.5 Å². The van der Waals surface area contributed by atoms with Crippen LogP contribution in [0.3, 0.4) is 0 Å². The fraction of sp³-hybridized carbons (Fsp3) is 0.375. The second kappa shape index (κ2) is 8.60. The lowest BCUT2D eigenvalue weighted by molar-refractivity contribution is 0.194. The van der Waals surface area contributed by atoms with E-state index >= 15 is 0 Å². The number of nitrogens with one attached hydrogen (secondary N) is 2. The number of benzene rings is 2. The standard InChI is InChI=1S/C24H30N4O/c1-3-19-8-6-7-18(2)23(19)27-13-15-28(16-14-27)24(29)25-12-11-20-17-26-22-10-5-4-9-21(20)22/h4-10,17,26H,3,11-16H2,1-2H3,(H,25,29). The van der Waals surface area contributed by atoms with Gasteiger partial charge in [-0.15, -0.1) is 0 Å². The zero-order valence-corrected chi connectivity index (χ0v) is 17.4. The molecule has 2 amide bonds. The van der Waals surface area contributed by atoms with Crippen molar-refractivity contribution < 1.29 is 4.79 Å². The lowest BCUT2D eigenvalue weighted by Crippen LogP contribution is -2.52. The maximum absolute atomic E-state index is 12.6. The molecule has 4 rings (SSSR count). The van der Waals surface area contributed by atoms with Gasteiger partial charge < -0.3 is 20.1 Å². The Labute approximate surface area is 172 Å². The van der Waals surface area contributed by atoms with Crippen LogP contribution in [-0.4, -0.2) is 48.6 Å². The molecule has 2 aromatic carbocycles. The summed E-state index contributed by atoms with van der Waals surface area (Å²) in [5.74, 6) is 0. The van der Waals surface area contributed by atoms with Crippen LogP contribution in [0.15, 0.2) is 48.7 Å². The van der Waals surface area contributed by atoms with Crippen molar-refractivity contribution in [2.45, 2.75) is 26.7 Å². The molecule has 152 valence electrons. The molecule has 0 aliphatic carbocycles. The number of rotatable bonds is 5. The molecule has 1 aliphatic rings. The van der Waals surface area contributed by atoms with E-state index in [2.05, 4.69) is 65.4 Å². The molecule has 2 heterocycles. The van der Waals surface area contributed by atoms with E-state index in [4.69, 9.17) is 0 Å². The molecule has 1 aromatic heterocycles. The van der Waals surface area contributed by atoms with Crippen LogP contribution < -0.4 is 10.2 Å². The number of nitrogens with zero attached hydrogens (tertiary/aromatic N) is 2. The molecule has 5 nitrogen and oxygen atoms in total. The summed E-state index contributed by atoms with van der Waals surface area (Å²) in [7, 11) is 0. The summed E-state index contributed by atoms with van der Waals surface area (Å²) in [5.41, 5.74) is 6.46. The van der Waals surface area contributed by atoms with Crippen LogP contribution in [0.2, 0.25) is 0 Å². The topological polar surface area (TPSA) is 51.4 Å². The molecular formula is C24H30N4O. The third-order valence-corrected chi connectivity index (χ3v) is 5.93. The maximum atomic E-state index is 12.6. The predicted octanol–water partition coefficient (Wildman–Crippen LogP) is 4.11. The summed E-state index contributed by atoms with van der Waals surface area (Å²) >= 11 is 0. The Morgan fingerprint density at radius 2 is 1.83 bits per heavy atom. The van der Waals surface area contributed by atoms with E-state index in [1.165, 1.54) is 27.8 Å². The van der Waals surface area contributed by atoms with Crippen molar-refractivity contribution in [3.63, 3.8) is 0 Å². The summed E-state index contributed by atoms with van der Waals surface area (Å²) < 4.78 is 0. The third-order valence-electron chi connectivity index (χ3n) is 5.93. The molecular weight excluding hydrogens is 360 g/mol. The highest BCUT2D eigenvalue weighted by Gasteiger charge is 2.23. The number of fused-ring (bicyclic) bond motifs is 1. The van der Waals surface area contributed by atoms with Gasteiger partial charge in [-0.25, -0.2) is 4.79 Å². The van der Waals surface area contributed by atoms with Crippen LogP contribution in [0.5, 0.6) is 0 Å². The van der Waals surface area contributed by atoms with Crippen LogP contribution >= 0.6 is 0 Å². The lowest BCUT2D eigenvalue weighted by Gasteiger charge is -2.37. The van der Waals surface area contributed by atoms with Crippen LogP contribution in [-0.2, 0) is 12.8 Å². The molecule has 0 unspecified atom stereocenters. The van der Waals surface area contributed by atoms with Crippen LogP contribution in [0.4, 0.5) is 10.5 Å². The number of amides is 2. The highest BCUT2D eigenvalue weighted by atomic mass is 16.2. The first-order valence-corrected chi connectivity index (χ1v) is 10.6. The van der Waals surface area contributed by atoms with Gasteiger partial charge in [0.1, 0.15) is 0 Å². The monoisotopic (exact) mass is 390 g/mol. The summed E-state index contributed by atoms with van der Waals surface area (Å²) in [6.45, 7) is 8.32. The smallest absolute Gasteiger partial charge is 0.317 e. The van der Waals surface area contributed by atoms with Crippen molar-refractivity contribution >= 4 is 22.6 Å². The molecule has 0 saturated carbocycles. The average molecular weight is 391 g/mol. The van der Waals surface area contributed by atoms with E-state index in [1.807, 2.05) is 17.2 Å². The Morgan fingerprint density at radius 3 is 2.62 bits per heavy atom. The molecule has 1 fully saturated rings. The summed E-state index contributed by atoms with van der Waals surface area (Å²) in [6, 6.07) is 14.9. The number of hydrogen-bond acceptors (Lipinski definition) is 2. The lowest BCUT2D eigenvalue weighted by atomic mass is 10.0. The number of carbonyl (C=O) groups is 1. The first-order valence-electron chi connectivity index (χ1n) is 10.6. The molecule has 1 saturated heterocycles. The van der Waals surface area contributed by atoms with E-state index < -0.39 is 0 Å². The van der Waals surface area contributed by atoms with E-state index in [0.717, 1.165) is 44.5 Å². The van der Waals surface area contributed by atoms with E-state index in [1.54, 1.807) is 0 Å². The fourth-order valence-corrected chi connectivity index (χ4v) is 4.35. The molecule has 2 N–H and O–H groups in total. The second-order valence-electron chi connectivity index (χ2n) is 7.75. The Morgan fingerprint density at radius 1 is 1.03 bits per heavy atom. The third kappa shape index (κ3) is 4.09. The van der Waals surface area contributed by atoms with Crippen LogP contribution in [0.25, 0.3) is 10.9 Å². The van der Waals surface area contributed by atoms with Gasteiger partial charge in [0.15, 0.2) is 0 Å². The Hall–Kier alpha value is -2.95. The molecule has 29 heavy (non-hydrogen) atoms. The molecule has 0 bridgehead atoms. The molecule has 0 atom stereocenters. The van der Waals surface area contributed by atoms with Crippen molar-refractivity contribution in [3.05, 3.63) is 65.4 Å². The fourth-order valence-electron chi connectivity index (χ4n) is 4.35. The molecule has 0 spiro atoms. The first-order chi connectivity index (χ1) is 14.2. The first kappa shape index (κ1) is 19.4. The number of urea groups is 1. The van der Waals surface area contributed by atoms with Crippen molar-refractivity contribution in [3.8, 4) is 0 Å². The zero-order valence-electron chi connectivity index (χ0n) is 17.4. The Bertz CT molecular complexity index is 985. The zero-order chi connectivity index (χ0) is 20.2. The minimum atomic E-state index is 0.0463. The van der Waals surface area contributed by atoms with Crippen molar-refractivity contribution in [1.82, 2.24) is 15.2 Å². The quantitative estimate of drug-likeness (QED) is 0.689. The highest BCUT2D eigenvalue weighted by molar-refractivity contribution is 5.83. The number of piperazine rings is 1. The number of aromatic amines is 1. The number of H-pyrrole nitrogens is 1. The minimum absolute atomic E-state index is 0.0463. The average Bonchev–Trinajstić information content (AvgIpc) is 3.17. The van der Waals surface area contributed by atoms with Gasteiger partial charge in [0.05, 0.1) is 0 Å². The van der Waals surface area contributed by atoms with Gasteiger partial charge >= 0.3 is 6.03 Å². The second-order valence-corrected chi connectivity index (χ2v) is 7.75. The number of aromatic nitrogens is 1. The number of aryl methyl sites for hydroxylation is 2. The number of hydrogen-bond donors (Lipinski definition) is 2. The summed E-state index contributed by atoms with van der Waals surface area (Å²) in [4.78, 5) is 20.3. The number of carbonyl (C=O) groups excluding carboxylic acids is 1. The van der Waals surface area contributed by atoms with Crippen LogP contribution in [0.1, 0.15) is 23.6 Å². The van der Waals surface area contributed by atoms with Gasteiger partial charge in [0, 0.05) is 55.5 Å². The van der Waals surface area contributed by atoms with Gasteiger partial charge in [-0.2, -0.15) is 0 Å². The predicted molar refractivity (Wildman–Crippen MR) is 120 cm³/mol. The summed E-state index contributed by atoms with van der Waals surface area (Å²) in [6.07, 6.45) is 3.91. The van der Waals surface area contributed by atoms with Crippen molar-refractivity contribution in [1.29, 1.82) is 0 Å². The molecule has 5 heteroatoms. The summed E-state index contributed by atoms with van der Waals surface area (Å²) in [5, 5.41) is 4.33. The normalized spacial score (nSPS) is 14.4. The SMILES string of the molecule is CCc1cccc(C)c1N1CCN(C(=O)NCCc2c[nH]c3ccccc23)CC1. The Kier molecular flexibility index (Phi) is 5.74. The van der Waals surface area contributed by atoms with E-state index in [0.29, 0.717) is 6.54 Å². The number of anilines is 1. The van der Waals surface area contributed by atoms with Crippen molar-refractivity contribution in [2.75, 3.05) is 37.6 Å². The van der Waals surface area contributed by atoms with Crippen molar-refractivity contribution in [2.24, 2.45) is 0 Å². The molecule has 3 aromatic rings. The maximum Gasteiger partial charge on any atom is 0.317 e. The van der Waals surface area contributed by atoms with Gasteiger partial charge in [0.25, 0.3) is 0 Å². The molecule has 0 radical (unpaired) electrons.